The number of nitrogens with zero attached hydrogens (tertiary/aromatic N) is 1. The van der Waals surface area contributed by atoms with Crippen molar-refractivity contribution in [3.8, 4) is 0 Å². The molecular weight excluding hydrogens is 252 g/mol. The Morgan fingerprint density at radius 1 is 1.56 bits per heavy atom. The molecule has 1 amide bonds. The lowest BCUT2D eigenvalue weighted by Crippen LogP contribution is -2.62. The average Bonchev–Trinajstić information content (AvgIpc) is 2.26. The van der Waals surface area contributed by atoms with E-state index in [0.29, 0.717) is 30.3 Å². The summed E-state index contributed by atoms with van der Waals surface area (Å²) in [5.41, 5.74) is 0.0925. The topological polar surface area (TPSA) is 52.6 Å². The lowest BCUT2D eigenvalue weighted by atomic mass is 9.91. The van der Waals surface area contributed by atoms with Gasteiger partial charge in [-0.05, 0) is 24.6 Å². The third-order valence-electron chi connectivity index (χ3n) is 3.17. The van der Waals surface area contributed by atoms with Gasteiger partial charge in [0, 0.05) is 23.8 Å². The Labute approximate surface area is 112 Å². The molecule has 1 saturated heterocycles. The number of hydrogen-bond donors (Lipinski definition) is 2. The molecular formula is C13H17ClN2O2. The maximum atomic E-state index is 11.7. The van der Waals surface area contributed by atoms with Crippen LogP contribution in [0.3, 0.4) is 0 Å². The largest absolute Gasteiger partial charge is 0.387 e. The van der Waals surface area contributed by atoms with E-state index in [4.69, 9.17) is 11.6 Å². The number of carbonyl (C=O) groups is 1. The van der Waals surface area contributed by atoms with Gasteiger partial charge < -0.3 is 10.4 Å². The summed E-state index contributed by atoms with van der Waals surface area (Å²) in [5, 5.41) is 13.2. The third kappa shape index (κ3) is 3.22. The van der Waals surface area contributed by atoms with Crippen LogP contribution in [0, 0.1) is 0 Å². The summed E-state index contributed by atoms with van der Waals surface area (Å²) >= 11 is 5.83. The number of halogens is 1. The Kier molecular flexibility index (Phi) is 3.90. The van der Waals surface area contributed by atoms with E-state index in [2.05, 4.69) is 5.32 Å². The van der Waals surface area contributed by atoms with Gasteiger partial charge in [-0.15, -0.1) is 0 Å². The Balaban J connectivity index is 1.80. The molecule has 0 aromatic heterocycles. The number of rotatable bonds is 4. The molecule has 0 atom stereocenters. The fourth-order valence-electron chi connectivity index (χ4n) is 2.09. The number of hydrogen-bond acceptors (Lipinski definition) is 3. The van der Waals surface area contributed by atoms with E-state index in [9.17, 15) is 9.90 Å². The minimum absolute atomic E-state index is 0.0876. The second-order valence-electron chi connectivity index (χ2n) is 4.78. The average molecular weight is 269 g/mol. The monoisotopic (exact) mass is 268 g/mol. The first-order valence-corrected chi connectivity index (χ1v) is 6.39. The Morgan fingerprint density at radius 2 is 2.28 bits per heavy atom. The SMILES string of the molecule is CCC1(O)CN(CC(=O)Nc2cccc(Cl)c2)C1. The van der Waals surface area contributed by atoms with Crippen molar-refractivity contribution in [2.24, 2.45) is 0 Å². The van der Waals surface area contributed by atoms with Crippen molar-refractivity contribution in [3.63, 3.8) is 0 Å². The molecule has 2 N–H and O–H groups in total. The minimum atomic E-state index is -0.601. The summed E-state index contributed by atoms with van der Waals surface area (Å²) in [6.07, 6.45) is 0.722. The standard InChI is InChI=1S/C13H17ClN2O2/c1-2-13(18)8-16(9-13)7-12(17)15-11-5-3-4-10(14)6-11/h3-6,18H,2,7-9H2,1H3,(H,15,17). The van der Waals surface area contributed by atoms with Gasteiger partial charge in [0.2, 0.25) is 5.91 Å². The molecule has 1 heterocycles. The Bertz CT molecular complexity index is 444. The van der Waals surface area contributed by atoms with E-state index >= 15 is 0 Å². The van der Waals surface area contributed by atoms with Crippen LogP contribution >= 0.6 is 11.6 Å². The van der Waals surface area contributed by atoms with Crippen LogP contribution in [0.5, 0.6) is 0 Å². The highest BCUT2D eigenvalue weighted by Crippen LogP contribution is 2.23. The van der Waals surface area contributed by atoms with Crippen LogP contribution in [0.4, 0.5) is 5.69 Å². The molecule has 0 spiro atoms. The number of amides is 1. The highest BCUT2D eigenvalue weighted by Gasteiger charge is 2.39. The van der Waals surface area contributed by atoms with Gasteiger partial charge in [-0.3, -0.25) is 9.69 Å². The third-order valence-corrected chi connectivity index (χ3v) is 3.40. The zero-order chi connectivity index (χ0) is 13.2. The summed E-state index contributed by atoms with van der Waals surface area (Å²) in [6.45, 7) is 3.37. The number of β-amino-alcohol motifs (C(OH)–C–C–N with tert-alkyl or cyclic N) is 1. The molecule has 1 aromatic rings. The van der Waals surface area contributed by atoms with Gasteiger partial charge in [-0.2, -0.15) is 0 Å². The molecule has 1 fully saturated rings. The lowest BCUT2D eigenvalue weighted by molar-refractivity contribution is -0.128. The lowest BCUT2D eigenvalue weighted by Gasteiger charge is -2.45. The molecule has 4 nitrogen and oxygen atoms in total. The molecule has 98 valence electrons. The second-order valence-corrected chi connectivity index (χ2v) is 5.22. The van der Waals surface area contributed by atoms with Crippen molar-refractivity contribution in [1.29, 1.82) is 0 Å². The molecule has 0 radical (unpaired) electrons. The predicted octanol–water partition coefficient (Wildman–Crippen LogP) is 1.74. The normalized spacial score (nSPS) is 18.2. The molecule has 1 aromatic carbocycles. The van der Waals surface area contributed by atoms with Gasteiger partial charge in [0.05, 0.1) is 12.1 Å². The van der Waals surface area contributed by atoms with Crippen molar-refractivity contribution in [2.45, 2.75) is 18.9 Å². The molecule has 0 saturated carbocycles. The highest BCUT2D eigenvalue weighted by molar-refractivity contribution is 6.30. The van der Waals surface area contributed by atoms with Crippen LogP contribution in [0.25, 0.3) is 0 Å². The first kappa shape index (κ1) is 13.3. The summed E-state index contributed by atoms with van der Waals surface area (Å²) in [5.74, 6) is -0.0876. The molecule has 0 unspecified atom stereocenters. The maximum Gasteiger partial charge on any atom is 0.238 e. The van der Waals surface area contributed by atoms with Gasteiger partial charge in [0.25, 0.3) is 0 Å². The molecule has 1 aliphatic rings. The van der Waals surface area contributed by atoms with Crippen molar-refractivity contribution in [3.05, 3.63) is 29.3 Å². The number of anilines is 1. The fraction of sp³-hybridized carbons (Fsp3) is 0.462. The van der Waals surface area contributed by atoms with E-state index in [1.54, 1.807) is 24.3 Å². The first-order chi connectivity index (χ1) is 8.50. The number of benzene rings is 1. The number of likely N-dealkylation sites (tertiary alicyclic amines) is 1. The molecule has 0 aliphatic carbocycles. The molecule has 2 rings (SSSR count). The number of aliphatic hydroxyl groups is 1. The van der Waals surface area contributed by atoms with E-state index in [-0.39, 0.29) is 5.91 Å². The van der Waals surface area contributed by atoms with Crippen LogP contribution in [-0.4, -0.2) is 41.1 Å². The Hall–Kier alpha value is -1.10. The first-order valence-electron chi connectivity index (χ1n) is 6.01. The van der Waals surface area contributed by atoms with Gasteiger partial charge in [-0.1, -0.05) is 24.6 Å². The van der Waals surface area contributed by atoms with Gasteiger partial charge >= 0.3 is 0 Å². The predicted molar refractivity (Wildman–Crippen MR) is 71.8 cm³/mol. The van der Waals surface area contributed by atoms with Gasteiger partial charge in [-0.25, -0.2) is 0 Å². The summed E-state index contributed by atoms with van der Waals surface area (Å²) in [7, 11) is 0. The smallest absolute Gasteiger partial charge is 0.238 e. The quantitative estimate of drug-likeness (QED) is 0.875. The van der Waals surface area contributed by atoms with E-state index < -0.39 is 5.60 Å². The molecule has 0 bridgehead atoms. The zero-order valence-corrected chi connectivity index (χ0v) is 11.1. The molecule has 18 heavy (non-hydrogen) atoms. The van der Waals surface area contributed by atoms with Crippen LogP contribution in [0.2, 0.25) is 5.02 Å². The maximum absolute atomic E-state index is 11.7. The number of nitrogens with one attached hydrogen (secondary N) is 1. The highest BCUT2D eigenvalue weighted by atomic mass is 35.5. The van der Waals surface area contributed by atoms with Crippen LogP contribution < -0.4 is 5.32 Å². The zero-order valence-electron chi connectivity index (χ0n) is 10.3. The van der Waals surface area contributed by atoms with E-state index in [0.717, 1.165) is 6.42 Å². The van der Waals surface area contributed by atoms with Crippen LogP contribution in [0.15, 0.2) is 24.3 Å². The molecule has 5 heteroatoms. The van der Waals surface area contributed by atoms with Crippen molar-refractivity contribution in [1.82, 2.24) is 4.90 Å². The fourth-order valence-corrected chi connectivity index (χ4v) is 2.28. The van der Waals surface area contributed by atoms with E-state index in [1.165, 1.54) is 0 Å². The Morgan fingerprint density at radius 3 is 2.89 bits per heavy atom. The molecule has 1 aliphatic heterocycles. The number of carbonyl (C=O) groups excluding carboxylic acids is 1. The van der Waals surface area contributed by atoms with Crippen molar-refractivity contribution < 1.29 is 9.90 Å². The summed E-state index contributed by atoms with van der Waals surface area (Å²) in [4.78, 5) is 13.7. The van der Waals surface area contributed by atoms with Gasteiger partial charge in [0.15, 0.2) is 0 Å². The van der Waals surface area contributed by atoms with Gasteiger partial charge in [0.1, 0.15) is 0 Å². The second kappa shape index (κ2) is 5.26. The summed E-state index contributed by atoms with van der Waals surface area (Å²) < 4.78 is 0. The van der Waals surface area contributed by atoms with Crippen LogP contribution in [0.1, 0.15) is 13.3 Å². The van der Waals surface area contributed by atoms with Crippen LogP contribution in [-0.2, 0) is 4.79 Å². The van der Waals surface area contributed by atoms with Crippen molar-refractivity contribution in [2.75, 3.05) is 25.0 Å². The minimum Gasteiger partial charge on any atom is -0.387 e. The van der Waals surface area contributed by atoms with E-state index in [1.807, 2.05) is 11.8 Å². The summed E-state index contributed by atoms with van der Waals surface area (Å²) in [6, 6.07) is 7.05. The van der Waals surface area contributed by atoms with Crippen molar-refractivity contribution >= 4 is 23.2 Å².